The van der Waals surface area contributed by atoms with E-state index in [1.807, 2.05) is 31.2 Å². The maximum atomic E-state index is 12.5. The highest BCUT2D eigenvalue weighted by Crippen LogP contribution is 2.25. The van der Waals surface area contributed by atoms with Gasteiger partial charge in [0.1, 0.15) is 0 Å². The molecule has 2 rings (SSSR count). The van der Waals surface area contributed by atoms with E-state index in [-0.39, 0.29) is 0 Å². The summed E-state index contributed by atoms with van der Waals surface area (Å²) in [6.07, 6.45) is 6.31. The molecule has 2 aromatic carbocycles. The van der Waals surface area contributed by atoms with Crippen molar-refractivity contribution in [2.75, 3.05) is 31.2 Å². The fraction of sp³-hybridized carbons (Fsp3) is 0.516. The van der Waals surface area contributed by atoms with Gasteiger partial charge >= 0.3 is 6.18 Å². The van der Waals surface area contributed by atoms with E-state index in [1.165, 1.54) is 57.1 Å². The molecule has 0 aliphatic heterocycles. The lowest BCUT2D eigenvalue weighted by Gasteiger charge is -2.23. The zero-order valence-corrected chi connectivity index (χ0v) is 23.3. The largest absolute Gasteiger partial charge is 0.454 e. The van der Waals surface area contributed by atoms with Crippen LogP contribution >= 0.6 is 0 Å². The topological polar surface area (TPSA) is 54.3 Å². The Bertz CT molecular complexity index is 1020. The van der Waals surface area contributed by atoms with Crippen LogP contribution in [0.2, 0.25) is 0 Å². The number of nitrogens with zero attached hydrogens (tertiary/aromatic N) is 3. The zero-order valence-electron chi connectivity index (χ0n) is 23.3. The first-order chi connectivity index (χ1) is 18.7. The van der Waals surface area contributed by atoms with Gasteiger partial charge in [0, 0.05) is 30.9 Å². The molecule has 214 valence electrons. The first-order valence-corrected chi connectivity index (χ1v) is 13.9. The Morgan fingerprint density at radius 1 is 0.821 bits per heavy atom. The summed E-state index contributed by atoms with van der Waals surface area (Å²) in [6.45, 7) is 11.4. The van der Waals surface area contributed by atoms with Crippen molar-refractivity contribution in [1.29, 1.82) is 0 Å². The van der Waals surface area contributed by atoms with Gasteiger partial charge in [0.2, 0.25) is 0 Å². The van der Waals surface area contributed by atoms with Crippen molar-refractivity contribution in [2.24, 2.45) is 10.2 Å². The average Bonchev–Trinajstić information content (AvgIpc) is 2.92. The molecule has 0 heterocycles. The molecule has 0 aliphatic carbocycles. The maximum absolute atomic E-state index is 12.5. The third kappa shape index (κ3) is 13.1. The number of ketones is 1. The Hall–Kier alpha value is -3.00. The van der Waals surface area contributed by atoms with Crippen molar-refractivity contribution < 1.29 is 22.7 Å². The highest BCUT2D eigenvalue weighted by atomic mass is 19.4. The highest BCUT2D eigenvalue weighted by molar-refractivity contribution is 6.00. The van der Waals surface area contributed by atoms with Crippen LogP contribution in [0.15, 0.2) is 70.9 Å². The molecule has 0 amide bonds. The molecule has 8 heteroatoms. The van der Waals surface area contributed by atoms with Crippen LogP contribution in [-0.4, -0.2) is 38.3 Å². The number of hydrogen-bond donors (Lipinski definition) is 0. The van der Waals surface area contributed by atoms with Crippen LogP contribution in [0.1, 0.15) is 82.0 Å². The number of azo groups is 1. The maximum Gasteiger partial charge on any atom is 0.454 e. The van der Waals surface area contributed by atoms with Gasteiger partial charge in [-0.25, -0.2) is 0 Å². The summed E-state index contributed by atoms with van der Waals surface area (Å²) in [5.74, 6) is -1.87. The Morgan fingerprint density at radius 3 is 1.79 bits per heavy atom. The second-order valence-electron chi connectivity index (χ2n) is 9.86. The number of halogens is 3. The number of anilines is 1. The number of ether oxygens (including phenoxy) is 1. The SMILES string of the molecule is C=C(C)COCCCCCCCCCCCN(CC)c1ccc(N=Nc2ccc(C(=O)C(F)(F)F)cc2)cc1. The van der Waals surface area contributed by atoms with Crippen LogP contribution in [-0.2, 0) is 4.74 Å². The molecule has 0 saturated carbocycles. The number of carbonyl (C=O) groups excluding carboxylic acids is 1. The van der Waals surface area contributed by atoms with Gasteiger partial charge in [-0.2, -0.15) is 23.4 Å². The summed E-state index contributed by atoms with van der Waals surface area (Å²) in [5.41, 5.74) is 2.80. The summed E-state index contributed by atoms with van der Waals surface area (Å²) in [7, 11) is 0. The van der Waals surface area contributed by atoms with E-state index in [0.29, 0.717) is 18.0 Å². The molecule has 0 radical (unpaired) electrons. The molecule has 0 atom stereocenters. The molecule has 0 saturated heterocycles. The molecule has 2 aromatic rings. The van der Waals surface area contributed by atoms with Crippen LogP contribution in [0.5, 0.6) is 0 Å². The number of alkyl halides is 3. The molecule has 0 aromatic heterocycles. The number of carbonyl (C=O) groups is 1. The van der Waals surface area contributed by atoms with Gasteiger partial charge in [-0.3, -0.25) is 4.79 Å². The van der Waals surface area contributed by atoms with Gasteiger partial charge < -0.3 is 9.64 Å². The number of Topliss-reactive ketones (excluding diaryl/α,β-unsaturated/α-hetero) is 1. The number of rotatable bonds is 19. The lowest BCUT2D eigenvalue weighted by atomic mass is 10.1. The Balaban J connectivity index is 1.64. The van der Waals surface area contributed by atoms with Gasteiger partial charge in [-0.05, 0) is 75.2 Å². The van der Waals surface area contributed by atoms with E-state index < -0.39 is 17.5 Å². The minimum absolute atomic E-state index is 0.372. The standard InChI is InChI=1S/C31H42F3N3O2/c1-4-37(22-12-10-8-6-5-7-9-11-13-23-39-24-25(2)3)29-20-18-28(19-21-29)36-35-27-16-14-26(15-17-27)30(38)31(32,33)34/h14-21H,2,4-13,22-24H2,1,3H3. The predicted molar refractivity (Wildman–Crippen MR) is 153 cm³/mol. The van der Waals surface area contributed by atoms with E-state index in [9.17, 15) is 18.0 Å². The predicted octanol–water partition coefficient (Wildman–Crippen LogP) is 9.78. The fourth-order valence-corrected chi connectivity index (χ4v) is 4.15. The van der Waals surface area contributed by atoms with Gasteiger partial charge in [-0.15, -0.1) is 0 Å². The van der Waals surface area contributed by atoms with E-state index in [0.717, 1.165) is 55.9 Å². The van der Waals surface area contributed by atoms with E-state index in [4.69, 9.17) is 4.74 Å². The van der Waals surface area contributed by atoms with Crippen LogP contribution < -0.4 is 4.90 Å². The van der Waals surface area contributed by atoms with Crippen LogP contribution in [0, 0.1) is 0 Å². The Morgan fingerprint density at radius 2 is 1.31 bits per heavy atom. The number of benzene rings is 2. The van der Waals surface area contributed by atoms with Crippen LogP contribution in [0.4, 0.5) is 30.2 Å². The number of hydrogen-bond acceptors (Lipinski definition) is 5. The summed E-state index contributed by atoms with van der Waals surface area (Å²) >= 11 is 0. The molecule has 0 unspecified atom stereocenters. The second kappa shape index (κ2) is 17.6. The van der Waals surface area contributed by atoms with Crippen molar-refractivity contribution >= 4 is 22.8 Å². The lowest BCUT2D eigenvalue weighted by molar-refractivity contribution is -0.0885. The van der Waals surface area contributed by atoms with Crippen molar-refractivity contribution in [1.82, 2.24) is 0 Å². The smallest absolute Gasteiger partial charge is 0.377 e. The van der Waals surface area contributed by atoms with Crippen LogP contribution in [0.3, 0.4) is 0 Å². The van der Waals surface area contributed by atoms with Crippen LogP contribution in [0.25, 0.3) is 0 Å². The molecule has 39 heavy (non-hydrogen) atoms. The molecule has 0 spiro atoms. The van der Waals surface area contributed by atoms with Crippen molar-refractivity contribution in [3.8, 4) is 0 Å². The van der Waals surface area contributed by atoms with Crippen molar-refractivity contribution in [3.05, 3.63) is 66.2 Å². The van der Waals surface area contributed by atoms with E-state index in [1.54, 1.807) is 0 Å². The first-order valence-electron chi connectivity index (χ1n) is 13.9. The molecule has 0 aliphatic rings. The Labute approximate surface area is 231 Å². The van der Waals surface area contributed by atoms with E-state index >= 15 is 0 Å². The summed E-state index contributed by atoms with van der Waals surface area (Å²) in [6, 6.07) is 12.7. The summed E-state index contributed by atoms with van der Waals surface area (Å²) < 4.78 is 43.1. The molecular weight excluding hydrogens is 503 g/mol. The molecule has 0 bridgehead atoms. The fourth-order valence-electron chi connectivity index (χ4n) is 4.15. The molecule has 5 nitrogen and oxygen atoms in total. The van der Waals surface area contributed by atoms with Gasteiger partial charge in [0.25, 0.3) is 5.78 Å². The number of unbranched alkanes of at least 4 members (excludes halogenated alkanes) is 8. The second-order valence-corrected chi connectivity index (χ2v) is 9.86. The van der Waals surface area contributed by atoms with Crippen molar-refractivity contribution in [2.45, 2.75) is 77.8 Å². The average molecular weight is 546 g/mol. The Kier molecular flexibility index (Phi) is 14.5. The normalized spacial score (nSPS) is 11.7. The van der Waals surface area contributed by atoms with Crippen molar-refractivity contribution in [3.63, 3.8) is 0 Å². The highest BCUT2D eigenvalue weighted by Gasteiger charge is 2.39. The molecular formula is C31H42F3N3O2. The molecule has 0 fully saturated rings. The minimum Gasteiger partial charge on any atom is -0.377 e. The first kappa shape index (κ1) is 32.2. The third-order valence-corrected chi connectivity index (χ3v) is 6.33. The zero-order chi connectivity index (χ0) is 28.5. The molecule has 0 N–H and O–H groups in total. The quantitative estimate of drug-likeness (QED) is 0.0764. The lowest BCUT2D eigenvalue weighted by Crippen LogP contribution is -2.23. The van der Waals surface area contributed by atoms with Gasteiger partial charge in [0.05, 0.1) is 18.0 Å². The minimum atomic E-state index is -4.89. The summed E-state index contributed by atoms with van der Waals surface area (Å²) in [5, 5.41) is 8.22. The van der Waals surface area contributed by atoms with E-state index in [2.05, 4.69) is 28.6 Å². The summed E-state index contributed by atoms with van der Waals surface area (Å²) in [4.78, 5) is 13.6. The van der Waals surface area contributed by atoms with Gasteiger partial charge in [0.15, 0.2) is 0 Å². The third-order valence-electron chi connectivity index (χ3n) is 6.33. The monoisotopic (exact) mass is 545 g/mol. The van der Waals surface area contributed by atoms with Gasteiger partial charge in [-0.1, -0.05) is 57.1 Å².